The molecule has 4 rings (SSSR count). The van der Waals surface area contributed by atoms with Gasteiger partial charge in [-0.25, -0.2) is 14.1 Å². The van der Waals surface area contributed by atoms with Crippen molar-refractivity contribution in [1.29, 1.82) is 0 Å². The highest BCUT2D eigenvalue weighted by molar-refractivity contribution is 6.31. The van der Waals surface area contributed by atoms with Crippen molar-refractivity contribution in [2.75, 3.05) is 6.54 Å². The van der Waals surface area contributed by atoms with E-state index in [2.05, 4.69) is 39.6 Å². The van der Waals surface area contributed by atoms with Gasteiger partial charge in [0.25, 0.3) is 0 Å². The number of guanidine groups is 1. The van der Waals surface area contributed by atoms with Crippen molar-refractivity contribution in [3.05, 3.63) is 46.3 Å². The molecule has 0 amide bonds. The van der Waals surface area contributed by atoms with Gasteiger partial charge in [-0.05, 0) is 31.9 Å². The second-order valence-corrected chi connectivity index (χ2v) is 8.56. The van der Waals surface area contributed by atoms with Gasteiger partial charge in [0.15, 0.2) is 11.8 Å². The maximum absolute atomic E-state index is 14.2. The highest BCUT2D eigenvalue weighted by Gasteiger charge is 2.42. The van der Waals surface area contributed by atoms with E-state index >= 15 is 0 Å². The number of aliphatic imine (C=N–C) groups is 1. The number of hydrogen-bond acceptors (Lipinski definition) is 3. The molecular formula is C21H28ClFN6. The Hall–Kier alpha value is -2.15. The Morgan fingerprint density at radius 2 is 2.21 bits per heavy atom. The summed E-state index contributed by atoms with van der Waals surface area (Å²) in [6, 6.07) is 5.23. The predicted octanol–water partition coefficient (Wildman–Crippen LogP) is 3.62. The van der Waals surface area contributed by atoms with Gasteiger partial charge in [0.1, 0.15) is 11.6 Å². The zero-order chi connectivity index (χ0) is 20.5. The van der Waals surface area contributed by atoms with Crippen molar-refractivity contribution in [1.82, 2.24) is 25.4 Å². The number of nitrogens with one attached hydrogen (secondary N) is 2. The number of benzene rings is 1. The fourth-order valence-electron chi connectivity index (χ4n) is 3.89. The molecule has 0 radical (unpaired) electrons. The first-order valence-corrected chi connectivity index (χ1v) is 10.8. The fourth-order valence-corrected chi connectivity index (χ4v) is 4.19. The van der Waals surface area contributed by atoms with E-state index in [0.29, 0.717) is 23.0 Å². The molecule has 8 heteroatoms. The Morgan fingerprint density at radius 1 is 1.38 bits per heavy atom. The third-order valence-corrected chi connectivity index (χ3v) is 5.86. The molecule has 0 spiro atoms. The number of nitrogens with zero attached hydrogens (tertiary/aromatic N) is 4. The van der Waals surface area contributed by atoms with Crippen LogP contribution in [0.2, 0.25) is 5.02 Å². The van der Waals surface area contributed by atoms with Crippen LogP contribution in [-0.2, 0) is 13.0 Å². The van der Waals surface area contributed by atoms with Crippen LogP contribution in [0.5, 0.6) is 0 Å². The summed E-state index contributed by atoms with van der Waals surface area (Å²) in [5.74, 6) is 2.91. The Labute approximate surface area is 176 Å². The standard InChI is InChI=1S/C21H28ClFN6/c1-4-24-21(26-17-10-14(17)19-15(22)6-5-7-16(19)23)25-13-8-9-18-27-20(12(2)3)28-29(18)11-13/h5-7,12-14,17H,4,8-11H2,1-3H3,(H2,24,25,26). The molecule has 3 atom stereocenters. The average Bonchev–Trinajstić information content (AvgIpc) is 3.26. The van der Waals surface area contributed by atoms with Crippen LogP contribution in [0.1, 0.15) is 62.7 Å². The minimum atomic E-state index is -0.235. The smallest absolute Gasteiger partial charge is 0.191 e. The van der Waals surface area contributed by atoms with Crippen molar-refractivity contribution >= 4 is 17.6 Å². The summed E-state index contributed by atoms with van der Waals surface area (Å²) in [7, 11) is 0. The monoisotopic (exact) mass is 418 g/mol. The highest BCUT2D eigenvalue weighted by atomic mass is 35.5. The van der Waals surface area contributed by atoms with Crippen LogP contribution in [-0.4, -0.2) is 39.4 Å². The van der Waals surface area contributed by atoms with E-state index in [4.69, 9.17) is 11.6 Å². The third-order valence-electron chi connectivity index (χ3n) is 5.53. The molecule has 1 aromatic carbocycles. The molecule has 1 aliphatic heterocycles. The molecule has 2 aliphatic rings. The molecule has 2 N–H and O–H groups in total. The molecule has 3 unspecified atom stereocenters. The zero-order valence-electron chi connectivity index (χ0n) is 17.1. The molecule has 6 nitrogen and oxygen atoms in total. The minimum absolute atomic E-state index is 0.0782. The van der Waals surface area contributed by atoms with E-state index in [0.717, 1.165) is 43.4 Å². The Bertz CT molecular complexity index is 888. The summed E-state index contributed by atoms with van der Waals surface area (Å²) in [4.78, 5) is 9.23. The van der Waals surface area contributed by atoms with Gasteiger partial charge in [-0.15, -0.1) is 0 Å². The molecule has 0 saturated heterocycles. The Kier molecular flexibility index (Phi) is 5.76. The van der Waals surface area contributed by atoms with E-state index in [1.807, 2.05) is 11.6 Å². The fraction of sp³-hybridized carbons (Fsp3) is 0.571. The summed E-state index contributed by atoms with van der Waals surface area (Å²) in [6.45, 7) is 7.67. The summed E-state index contributed by atoms with van der Waals surface area (Å²) in [5.41, 5.74) is 0.605. The molecule has 156 valence electrons. The van der Waals surface area contributed by atoms with Gasteiger partial charge in [-0.2, -0.15) is 5.10 Å². The van der Waals surface area contributed by atoms with Crippen LogP contribution in [0.25, 0.3) is 0 Å². The Morgan fingerprint density at radius 3 is 2.93 bits per heavy atom. The van der Waals surface area contributed by atoms with Gasteiger partial charge >= 0.3 is 0 Å². The summed E-state index contributed by atoms with van der Waals surface area (Å²) in [5, 5.41) is 12.1. The molecule has 1 fully saturated rings. The lowest BCUT2D eigenvalue weighted by Gasteiger charge is -2.25. The summed E-state index contributed by atoms with van der Waals surface area (Å²) in [6.07, 6.45) is 2.72. The molecule has 1 aliphatic carbocycles. The second kappa shape index (κ2) is 8.30. The molecule has 2 heterocycles. The largest absolute Gasteiger partial charge is 0.353 e. The Balaban J connectivity index is 1.39. The van der Waals surface area contributed by atoms with Crippen LogP contribution >= 0.6 is 11.6 Å². The van der Waals surface area contributed by atoms with Crippen LogP contribution in [0, 0.1) is 5.82 Å². The number of hydrogen-bond donors (Lipinski definition) is 2. The van der Waals surface area contributed by atoms with Gasteiger partial charge in [0.05, 0.1) is 6.54 Å². The lowest BCUT2D eigenvalue weighted by Crippen LogP contribution is -2.48. The molecule has 1 saturated carbocycles. The summed E-state index contributed by atoms with van der Waals surface area (Å²) >= 11 is 6.23. The molecular weight excluding hydrogens is 391 g/mol. The van der Waals surface area contributed by atoms with E-state index in [-0.39, 0.29) is 23.8 Å². The van der Waals surface area contributed by atoms with Crippen LogP contribution in [0.4, 0.5) is 4.39 Å². The molecule has 2 aromatic rings. The number of halogens is 2. The van der Waals surface area contributed by atoms with E-state index in [1.54, 1.807) is 12.1 Å². The quantitative estimate of drug-likeness (QED) is 0.575. The number of fused-ring (bicyclic) bond motifs is 1. The molecule has 1 aromatic heterocycles. The number of aromatic nitrogens is 3. The van der Waals surface area contributed by atoms with Crippen LogP contribution in [0.15, 0.2) is 23.2 Å². The van der Waals surface area contributed by atoms with E-state index in [9.17, 15) is 4.39 Å². The number of aryl methyl sites for hydroxylation is 1. The van der Waals surface area contributed by atoms with Crippen molar-refractivity contribution in [2.45, 2.75) is 70.5 Å². The maximum Gasteiger partial charge on any atom is 0.191 e. The predicted molar refractivity (Wildman–Crippen MR) is 113 cm³/mol. The van der Waals surface area contributed by atoms with Gasteiger partial charge in [0.2, 0.25) is 0 Å². The van der Waals surface area contributed by atoms with Crippen LogP contribution < -0.4 is 10.6 Å². The van der Waals surface area contributed by atoms with Crippen molar-refractivity contribution in [2.24, 2.45) is 4.99 Å². The van der Waals surface area contributed by atoms with Gasteiger partial charge in [0, 0.05) is 47.5 Å². The number of rotatable bonds is 5. The molecule has 29 heavy (non-hydrogen) atoms. The van der Waals surface area contributed by atoms with Gasteiger partial charge in [-0.3, -0.25) is 4.99 Å². The van der Waals surface area contributed by atoms with Crippen molar-refractivity contribution in [3.8, 4) is 0 Å². The zero-order valence-corrected chi connectivity index (χ0v) is 17.9. The second-order valence-electron chi connectivity index (χ2n) is 8.15. The average molecular weight is 419 g/mol. The van der Waals surface area contributed by atoms with Gasteiger partial charge < -0.3 is 10.6 Å². The first-order valence-electron chi connectivity index (χ1n) is 10.4. The lowest BCUT2D eigenvalue weighted by atomic mass is 10.1. The van der Waals surface area contributed by atoms with Gasteiger partial charge in [-0.1, -0.05) is 31.5 Å². The topological polar surface area (TPSA) is 67.1 Å². The van der Waals surface area contributed by atoms with Crippen molar-refractivity contribution in [3.63, 3.8) is 0 Å². The maximum atomic E-state index is 14.2. The normalized spacial score (nSPS) is 23.8. The summed E-state index contributed by atoms with van der Waals surface area (Å²) < 4.78 is 16.2. The minimum Gasteiger partial charge on any atom is -0.353 e. The van der Waals surface area contributed by atoms with Crippen LogP contribution in [0.3, 0.4) is 0 Å². The SMILES string of the molecule is CCN=C(NC1CCc2nc(C(C)C)nn2C1)NC1CC1c1c(F)cccc1Cl. The lowest BCUT2D eigenvalue weighted by molar-refractivity contribution is 0.391. The first-order chi connectivity index (χ1) is 14.0. The van der Waals surface area contributed by atoms with Crippen molar-refractivity contribution < 1.29 is 4.39 Å². The third kappa shape index (κ3) is 4.39. The highest BCUT2D eigenvalue weighted by Crippen LogP contribution is 2.44. The molecule has 0 bridgehead atoms. The first kappa shape index (κ1) is 20.1. The van der Waals surface area contributed by atoms with E-state index in [1.165, 1.54) is 6.07 Å². The van der Waals surface area contributed by atoms with E-state index < -0.39 is 0 Å².